The van der Waals surface area contributed by atoms with Gasteiger partial charge in [0.2, 0.25) is 0 Å². The highest BCUT2D eigenvalue weighted by atomic mass is 31.2. The topological polar surface area (TPSA) is 40.9 Å². The van der Waals surface area contributed by atoms with Gasteiger partial charge in [-0.15, -0.1) is 0 Å². The van der Waals surface area contributed by atoms with Crippen LogP contribution in [0.5, 0.6) is 0 Å². The molecule has 0 amide bonds. The number of rotatable bonds is 5. The maximum absolute atomic E-state index is 13.5. The van der Waals surface area contributed by atoms with Crippen molar-refractivity contribution in [1.82, 2.24) is 0 Å². The summed E-state index contributed by atoms with van der Waals surface area (Å²) in [5, 5.41) is 12.8. The fourth-order valence-corrected chi connectivity index (χ4v) is 7.49. The minimum atomic E-state index is -2.89. The second-order valence-corrected chi connectivity index (χ2v) is 9.56. The Kier molecular flexibility index (Phi) is 4.62. The molecule has 3 heteroatoms. The molecule has 0 spiro atoms. The van der Waals surface area contributed by atoms with Crippen molar-refractivity contribution < 1.29 is 8.91 Å². The summed E-state index contributed by atoms with van der Waals surface area (Å²) in [6.45, 7) is -4.00. The molecule has 0 aliphatic heterocycles. The minimum Gasteiger partial charge on any atom is -0.293 e. The summed E-state index contributed by atoms with van der Waals surface area (Å²) < 4.78 is 23.3. The molecule has 0 saturated heterocycles. The number of hydrogen-bond acceptors (Lipinski definition) is 2. The van der Waals surface area contributed by atoms with Gasteiger partial charge in [0.1, 0.15) is 11.4 Å². The number of Topliss-reactive ketones (excluding diaryl/α,β-unsaturated/α-hetero) is 1. The van der Waals surface area contributed by atoms with Crippen LogP contribution in [0.2, 0.25) is 0 Å². The van der Waals surface area contributed by atoms with Gasteiger partial charge in [-0.05, 0) is 22.8 Å². The van der Waals surface area contributed by atoms with Crippen LogP contribution in [0.4, 0.5) is 0 Å². The van der Waals surface area contributed by atoms with Crippen molar-refractivity contribution in [3.63, 3.8) is 0 Å². The Morgan fingerprint density at radius 1 is 0.852 bits per heavy atom. The van der Waals surface area contributed by atoms with Crippen LogP contribution in [0, 0.1) is 17.2 Å². The highest BCUT2D eigenvalue weighted by Gasteiger charge is 2.33. The van der Waals surface area contributed by atoms with E-state index in [2.05, 4.69) is 6.07 Å². The van der Waals surface area contributed by atoms with E-state index >= 15 is 0 Å². The molecule has 3 rings (SSSR count). The van der Waals surface area contributed by atoms with Crippen molar-refractivity contribution in [3.8, 4) is 6.07 Å². The molecule has 3 aromatic carbocycles. The van der Waals surface area contributed by atoms with Crippen molar-refractivity contribution in [2.24, 2.45) is 5.92 Å². The molecule has 0 aromatic heterocycles. The van der Waals surface area contributed by atoms with E-state index in [0.29, 0.717) is 0 Å². The van der Waals surface area contributed by atoms with Gasteiger partial charge in [-0.3, -0.25) is 4.79 Å². The lowest BCUT2D eigenvalue weighted by atomic mass is 10.1. The van der Waals surface area contributed by atoms with Gasteiger partial charge in [0, 0.05) is 10.0 Å². The molecule has 0 saturated carbocycles. The lowest BCUT2D eigenvalue weighted by Gasteiger charge is -2.30. The van der Waals surface area contributed by atoms with Gasteiger partial charge in [0.05, 0.1) is 0 Å². The summed E-state index contributed by atoms with van der Waals surface area (Å²) in [7, 11) is 0. The Morgan fingerprint density at radius 2 is 1.22 bits per heavy atom. The van der Waals surface area contributed by atoms with Gasteiger partial charge in [-0.2, -0.15) is 5.26 Å². The highest BCUT2D eigenvalue weighted by Crippen LogP contribution is 2.46. The molecular weight excluding hydrogens is 349 g/mol. The molecule has 0 radical (unpaired) electrons. The number of nitriles is 1. The minimum absolute atomic E-state index is 0.00900. The van der Waals surface area contributed by atoms with Crippen molar-refractivity contribution in [2.75, 3.05) is 0 Å². The molecule has 27 heavy (non-hydrogen) atoms. The van der Waals surface area contributed by atoms with Gasteiger partial charge in [-0.1, -0.05) is 105 Å². The molecule has 0 heterocycles. The summed E-state index contributed by atoms with van der Waals surface area (Å²) in [6, 6.07) is 30.6. The maximum Gasteiger partial charge on any atom is 0.176 e. The van der Waals surface area contributed by atoms with Crippen LogP contribution >= 0.6 is 6.89 Å². The Hall–Kier alpha value is -2.88. The van der Waals surface area contributed by atoms with Crippen LogP contribution in [-0.4, -0.2) is 11.1 Å². The van der Waals surface area contributed by atoms with Crippen molar-refractivity contribution in [3.05, 3.63) is 91.0 Å². The molecule has 1 unspecified atom stereocenters. The van der Waals surface area contributed by atoms with Crippen LogP contribution in [0.15, 0.2) is 91.0 Å². The molecule has 0 aliphatic carbocycles. The summed E-state index contributed by atoms with van der Waals surface area (Å²) in [5.74, 6) is -1.90. The van der Waals surface area contributed by atoms with Crippen LogP contribution in [0.1, 0.15) is 17.9 Å². The van der Waals surface area contributed by atoms with Crippen LogP contribution in [0.25, 0.3) is 0 Å². The molecule has 0 aliphatic rings. The van der Waals surface area contributed by atoms with E-state index in [1.165, 1.54) is 6.92 Å². The standard InChI is InChI=1S/C24H22NOP/c1-19(2)24(26)23(18-25)27(20-12-6-3-7-13-20,21-14-8-4-9-15-21)22-16-10-5-11-17-22/h3-17,19H,1-2H3/i1D3. The predicted octanol–water partition coefficient (Wildman–Crippen LogP) is 3.90. The normalized spacial score (nSPS) is 14.1. The first-order chi connectivity index (χ1) is 14.3. The Bertz CT molecular complexity index is 1010. The molecule has 0 fully saturated rings. The van der Waals surface area contributed by atoms with Crippen LogP contribution in [0.3, 0.4) is 0 Å². The maximum atomic E-state index is 13.5. The summed E-state index contributed by atoms with van der Waals surface area (Å²) >= 11 is 0. The third kappa shape index (κ3) is 3.39. The third-order valence-corrected chi connectivity index (χ3v) is 8.71. The lowest BCUT2D eigenvalue weighted by molar-refractivity contribution is -0.115. The second-order valence-electron chi connectivity index (χ2n) is 6.22. The van der Waals surface area contributed by atoms with E-state index in [9.17, 15) is 10.1 Å². The van der Waals surface area contributed by atoms with Gasteiger partial charge >= 0.3 is 0 Å². The summed E-state index contributed by atoms with van der Waals surface area (Å²) in [5.41, 5.74) is 0. The second kappa shape index (κ2) is 8.21. The zero-order valence-electron chi connectivity index (χ0n) is 18.0. The first kappa shape index (κ1) is 15.2. The number of carbonyl (C=O) groups excluding carboxylic acids is 1. The molecule has 134 valence electrons. The van der Waals surface area contributed by atoms with Gasteiger partial charge in [-0.25, -0.2) is 0 Å². The third-order valence-electron chi connectivity index (χ3n) is 4.50. The molecule has 0 bridgehead atoms. The Morgan fingerprint density at radius 3 is 1.52 bits per heavy atom. The SMILES string of the molecule is [2H]C([2H])([2H])C(C)C(=O)C(C#N)=P(c1ccccc1)(c1ccccc1)c1ccccc1. The molecule has 0 N–H and O–H groups in total. The average Bonchev–Trinajstić information content (AvgIpc) is 2.77. The lowest BCUT2D eigenvalue weighted by Crippen LogP contribution is -2.34. The number of nitrogens with zero attached hydrogens (tertiary/aromatic N) is 1. The first-order valence-corrected chi connectivity index (χ1v) is 10.5. The van der Waals surface area contributed by atoms with Crippen molar-refractivity contribution in [2.45, 2.75) is 13.8 Å². The predicted molar refractivity (Wildman–Crippen MR) is 116 cm³/mol. The van der Waals surface area contributed by atoms with E-state index in [0.717, 1.165) is 15.9 Å². The Balaban J connectivity index is 2.56. The first-order valence-electron chi connectivity index (χ1n) is 10.2. The Labute approximate surface area is 165 Å². The number of benzene rings is 3. The average molecular weight is 374 g/mol. The number of hydrogen-bond donors (Lipinski definition) is 0. The fourth-order valence-electron chi connectivity index (χ4n) is 3.29. The number of ketones is 1. The van der Waals surface area contributed by atoms with E-state index in [4.69, 9.17) is 4.11 Å². The molecular formula is C24H22NOP. The van der Waals surface area contributed by atoms with Crippen LogP contribution < -0.4 is 15.9 Å². The highest BCUT2D eigenvalue weighted by molar-refractivity contribution is 7.96. The summed E-state index contributed by atoms with van der Waals surface area (Å²) in [4.78, 5) is 13.5. The monoisotopic (exact) mass is 374 g/mol. The summed E-state index contributed by atoms with van der Waals surface area (Å²) in [6.07, 6.45) is 0. The van der Waals surface area contributed by atoms with Crippen molar-refractivity contribution >= 4 is 33.9 Å². The van der Waals surface area contributed by atoms with Gasteiger partial charge in [0.25, 0.3) is 0 Å². The smallest absolute Gasteiger partial charge is 0.176 e. The van der Waals surface area contributed by atoms with Crippen molar-refractivity contribution in [1.29, 1.82) is 5.26 Å². The quantitative estimate of drug-likeness (QED) is 0.636. The zero-order valence-corrected chi connectivity index (χ0v) is 15.9. The van der Waals surface area contributed by atoms with E-state index < -0.39 is 25.4 Å². The molecule has 3 aromatic rings. The number of carbonyl (C=O) groups is 1. The van der Waals surface area contributed by atoms with Crippen LogP contribution in [-0.2, 0) is 4.79 Å². The fraction of sp³-hybridized carbons (Fsp3) is 0.125. The van der Waals surface area contributed by atoms with E-state index in [-0.39, 0.29) is 5.29 Å². The van der Waals surface area contributed by atoms with Gasteiger partial charge < -0.3 is 0 Å². The zero-order chi connectivity index (χ0) is 21.8. The van der Waals surface area contributed by atoms with Gasteiger partial charge in [0.15, 0.2) is 5.78 Å². The molecule has 1 atom stereocenters. The van der Waals surface area contributed by atoms with E-state index in [1.807, 2.05) is 91.0 Å². The molecule has 2 nitrogen and oxygen atoms in total. The van der Waals surface area contributed by atoms with E-state index in [1.54, 1.807) is 0 Å². The largest absolute Gasteiger partial charge is 0.293 e.